The highest BCUT2D eigenvalue weighted by molar-refractivity contribution is 6.14. The van der Waals surface area contributed by atoms with E-state index in [4.69, 9.17) is 4.74 Å². The number of methoxy groups -OCH3 is 1. The van der Waals surface area contributed by atoms with Gasteiger partial charge in [-0.3, -0.25) is 14.2 Å². The summed E-state index contributed by atoms with van der Waals surface area (Å²) >= 11 is 0. The summed E-state index contributed by atoms with van der Waals surface area (Å²) in [6.07, 6.45) is 1.57. The second-order valence-corrected chi connectivity index (χ2v) is 5.14. The smallest absolute Gasteiger partial charge is 0.257 e. The minimum atomic E-state index is -0.269. The van der Waals surface area contributed by atoms with Gasteiger partial charge in [-0.2, -0.15) is 0 Å². The van der Waals surface area contributed by atoms with Gasteiger partial charge in [-0.1, -0.05) is 24.3 Å². The van der Waals surface area contributed by atoms with Gasteiger partial charge >= 0.3 is 0 Å². The van der Waals surface area contributed by atoms with E-state index in [9.17, 15) is 9.59 Å². The van der Waals surface area contributed by atoms with Gasteiger partial charge in [0.05, 0.1) is 18.2 Å². The fourth-order valence-electron chi connectivity index (χ4n) is 2.52. The fraction of sp³-hybridized carbons (Fsp3) is 0.111. The molecule has 1 amide bonds. The molecule has 0 atom stereocenters. The molecule has 1 aromatic heterocycles. The van der Waals surface area contributed by atoms with Crippen molar-refractivity contribution in [2.75, 3.05) is 12.4 Å². The molecule has 23 heavy (non-hydrogen) atoms. The van der Waals surface area contributed by atoms with Crippen molar-refractivity contribution in [3.63, 3.8) is 0 Å². The van der Waals surface area contributed by atoms with Crippen molar-refractivity contribution < 1.29 is 14.3 Å². The Hall–Kier alpha value is -3.08. The number of anilines is 1. The third-order valence-electron chi connectivity index (χ3n) is 3.62. The predicted molar refractivity (Wildman–Crippen MR) is 89.2 cm³/mol. The number of hydrogen-bond donors (Lipinski definition) is 1. The molecule has 0 saturated heterocycles. The molecule has 0 fully saturated rings. The first-order valence-electron chi connectivity index (χ1n) is 7.16. The number of fused-ring (bicyclic) bond motifs is 1. The quantitative estimate of drug-likeness (QED) is 0.804. The van der Waals surface area contributed by atoms with Crippen molar-refractivity contribution >= 4 is 28.4 Å². The largest absolute Gasteiger partial charge is 0.497 e. The SMILES string of the molecule is COc1cccc(NC(=O)c2cn(C(C)=O)c3ccccc23)c1. The van der Waals surface area contributed by atoms with Crippen LogP contribution in [0.5, 0.6) is 5.75 Å². The van der Waals surface area contributed by atoms with Crippen LogP contribution in [0.25, 0.3) is 10.9 Å². The van der Waals surface area contributed by atoms with E-state index in [1.165, 1.54) is 11.5 Å². The molecule has 5 heteroatoms. The number of rotatable bonds is 3. The first-order chi connectivity index (χ1) is 11.1. The molecule has 5 nitrogen and oxygen atoms in total. The van der Waals surface area contributed by atoms with Crippen LogP contribution >= 0.6 is 0 Å². The number of carbonyl (C=O) groups is 2. The van der Waals surface area contributed by atoms with Crippen LogP contribution in [0.15, 0.2) is 54.7 Å². The van der Waals surface area contributed by atoms with Crippen molar-refractivity contribution in [3.8, 4) is 5.75 Å². The molecule has 0 aliphatic carbocycles. The fourth-order valence-corrected chi connectivity index (χ4v) is 2.52. The third kappa shape index (κ3) is 2.81. The van der Waals surface area contributed by atoms with E-state index in [2.05, 4.69) is 5.32 Å². The highest BCUT2D eigenvalue weighted by atomic mass is 16.5. The van der Waals surface area contributed by atoms with Crippen LogP contribution in [-0.4, -0.2) is 23.5 Å². The number of amides is 1. The van der Waals surface area contributed by atoms with Gasteiger partial charge in [0.2, 0.25) is 5.91 Å². The Morgan fingerprint density at radius 2 is 1.87 bits per heavy atom. The number of benzene rings is 2. The van der Waals surface area contributed by atoms with E-state index >= 15 is 0 Å². The minimum Gasteiger partial charge on any atom is -0.497 e. The zero-order valence-electron chi connectivity index (χ0n) is 12.9. The Morgan fingerprint density at radius 3 is 2.61 bits per heavy atom. The summed E-state index contributed by atoms with van der Waals surface area (Å²) in [5.41, 5.74) is 1.81. The van der Waals surface area contributed by atoms with E-state index in [-0.39, 0.29) is 11.8 Å². The summed E-state index contributed by atoms with van der Waals surface area (Å²) in [5, 5.41) is 3.57. The number of nitrogens with zero attached hydrogens (tertiary/aromatic N) is 1. The van der Waals surface area contributed by atoms with E-state index in [1.54, 1.807) is 37.6 Å². The molecule has 0 aliphatic heterocycles. The maximum atomic E-state index is 12.6. The average Bonchev–Trinajstić information content (AvgIpc) is 2.95. The van der Waals surface area contributed by atoms with E-state index in [0.29, 0.717) is 17.0 Å². The van der Waals surface area contributed by atoms with Crippen molar-refractivity contribution in [1.82, 2.24) is 4.57 Å². The van der Waals surface area contributed by atoms with Crippen molar-refractivity contribution in [3.05, 3.63) is 60.3 Å². The lowest BCUT2D eigenvalue weighted by Gasteiger charge is -2.06. The lowest BCUT2D eigenvalue weighted by Crippen LogP contribution is -2.12. The second-order valence-electron chi connectivity index (χ2n) is 5.14. The van der Waals surface area contributed by atoms with E-state index in [1.807, 2.05) is 24.3 Å². The van der Waals surface area contributed by atoms with Gasteiger partial charge in [0, 0.05) is 30.3 Å². The number of nitrogens with one attached hydrogen (secondary N) is 1. The molecule has 0 radical (unpaired) electrons. The van der Waals surface area contributed by atoms with Gasteiger partial charge in [-0.25, -0.2) is 0 Å². The Morgan fingerprint density at radius 1 is 1.09 bits per heavy atom. The molecule has 0 aliphatic rings. The zero-order chi connectivity index (χ0) is 16.4. The first kappa shape index (κ1) is 14.8. The molecular weight excluding hydrogens is 292 g/mol. The second kappa shape index (κ2) is 5.96. The summed E-state index contributed by atoms with van der Waals surface area (Å²) in [5.74, 6) is 0.255. The van der Waals surface area contributed by atoms with Gasteiger partial charge < -0.3 is 10.1 Å². The normalized spacial score (nSPS) is 10.5. The number of hydrogen-bond acceptors (Lipinski definition) is 3. The van der Waals surface area contributed by atoms with Crippen LogP contribution in [0.2, 0.25) is 0 Å². The van der Waals surface area contributed by atoms with Crippen LogP contribution < -0.4 is 10.1 Å². The van der Waals surface area contributed by atoms with Crippen LogP contribution in [0.3, 0.4) is 0 Å². The van der Waals surface area contributed by atoms with Crippen LogP contribution in [0.1, 0.15) is 22.1 Å². The van der Waals surface area contributed by atoms with Gasteiger partial charge in [0.25, 0.3) is 5.91 Å². The maximum Gasteiger partial charge on any atom is 0.257 e. The first-order valence-corrected chi connectivity index (χ1v) is 7.16. The Balaban J connectivity index is 1.99. The zero-order valence-corrected chi connectivity index (χ0v) is 12.9. The third-order valence-corrected chi connectivity index (χ3v) is 3.62. The number of ether oxygens (including phenoxy) is 1. The molecule has 0 spiro atoms. The Bertz CT molecular complexity index is 896. The molecule has 0 saturated carbocycles. The summed E-state index contributed by atoms with van der Waals surface area (Å²) in [4.78, 5) is 24.3. The standard InChI is InChI=1S/C18H16N2O3/c1-12(21)20-11-16(15-8-3-4-9-17(15)20)18(22)19-13-6-5-7-14(10-13)23-2/h3-11H,1-2H3,(H,19,22). The molecule has 3 aromatic rings. The molecule has 2 aromatic carbocycles. The highest BCUT2D eigenvalue weighted by Gasteiger charge is 2.16. The van der Waals surface area contributed by atoms with Crippen molar-refractivity contribution in [1.29, 1.82) is 0 Å². The highest BCUT2D eigenvalue weighted by Crippen LogP contribution is 2.23. The molecule has 0 unspecified atom stereocenters. The molecule has 1 heterocycles. The molecule has 1 N–H and O–H groups in total. The summed E-state index contributed by atoms with van der Waals surface area (Å²) in [6, 6.07) is 14.5. The maximum absolute atomic E-state index is 12.6. The Kier molecular flexibility index (Phi) is 3.85. The summed E-state index contributed by atoms with van der Waals surface area (Å²) < 4.78 is 6.63. The van der Waals surface area contributed by atoms with E-state index in [0.717, 1.165) is 10.9 Å². The van der Waals surface area contributed by atoms with Gasteiger partial charge in [0.1, 0.15) is 5.75 Å². The predicted octanol–water partition coefficient (Wildman–Crippen LogP) is 3.56. The summed E-state index contributed by atoms with van der Waals surface area (Å²) in [6.45, 7) is 1.47. The topological polar surface area (TPSA) is 60.3 Å². The average molecular weight is 308 g/mol. The van der Waals surface area contributed by atoms with Crippen LogP contribution in [0.4, 0.5) is 5.69 Å². The molecule has 0 bridgehead atoms. The lowest BCUT2D eigenvalue weighted by molar-refractivity contribution is 0.0941. The van der Waals surface area contributed by atoms with E-state index < -0.39 is 0 Å². The van der Waals surface area contributed by atoms with Crippen molar-refractivity contribution in [2.24, 2.45) is 0 Å². The lowest BCUT2D eigenvalue weighted by atomic mass is 10.1. The number of aromatic nitrogens is 1. The molecule has 3 rings (SSSR count). The van der Waals surface area contributed by atoms with Gasteiger partial charge in [-0.05, 0) is 18.2 Å². The van der Waals surface area contributed by atoms with Gasteiger partial charge in [-0.15, -0.1) is 0 Å². The van der Waals surface area contributed by atoms with Gasteiger partial charge in [0.15, 0.2) is 0 Å². The van der Waals surface area contributed by atoms with Crippen molar-refractivity contribution in [2.45, 2.75) is 6.92 Å². The summed E-state index contributed by atoms with van der Waals surface area (Å²) in [7, 11) is 1.57. The number of carbonyl (C=O) groups excluding carboxylic acids is 2. The van der Waals surface area contributed by atoms with Crippen LogP contribution in [0, 0.1) is 0 Å². The Labute approximate surface area is 133 Å². The number of para-hydroxylation sites is 1. The van der Waals surface area contributed by atoms with Crippen LogP contribution in [-0.2, 0) is 0 Å². The monoisotopic (exact) mass is 308 g/mol. The minimum absolute atomic E-state index is 0.137. The molecular formula is C18H16N2O3. The molecule has 116 valence electrons.